The van der Waals surface area contributed by atoms with Gasteiger partial charge in [-0.3, -0.25) is 0 Å². The monoisotopic (exact) mass is 482 g/mol. The Morgan fingerprint density at radius 3 is 2.77 bits per heavy atom. The Hall–Kier alpha value is -1.87. The van der Waals surface area contributed by atoms with E-state index in [-0.39, 0.29) is 24.0 Å². The Morgan fingerprint density at radius 2 is 2.08 bits per heavy atom. The first-order valence-electron chi connectivity index (χ1n) is 8.26. The summed E-state index contributed by atoms with van der Waals surface area (Å²) in [6, 6.07) is 12.0. The van der Waals surface area contributed by atoms with E-state index in [1.807, 2.05) is 37.4 Å². The number of nitrogens with zero attached hydrogens (tertiary/aromatic N) is 3. The minimum Gasteiger partial charge on any atom is -0.444 e. The van der Waals surface area contributed by atoms with Crippen molar-refractivity contribution in [1.29, 1.82) is 0 Å². The Kier molecular flexibility index (Phi) is 8.11. The lowest BCUT2D eigenvalue weighted by molar-refractivity contribution is 0.477. The van der Waals surface area contributed by atoms with Crippen LogP contribution >= 0.6 is 35.3 Å². The van der Waals surface area contributed by atoms with E-state index in [2.05, 4.69) is 43.9 Å². The van der Waals surface area contributed by atoms with Gasteiger partial charge in [0.1, 0.15) is 12.0 Å². The molecule has 2 aromatic heterocycles. The van der Waals surface area contributed by atoms with Gasteiger partial charge in [0.05, 0.1) is 6.54 Å². The van der Waals surface area contributed by atoms with Gasteiger partial charge in [-0.2, -0.15) is 11.3 Å². The lowest BCUT2D eigenvalue weighted by Crippen LogP contribution is -2.38. The highest BCUT2D eigenvalue weighted by Crippen LogP contribution is 2.18. The lowest BCUT2D eigenvalue weighted by Gasteiger charge is -2.21. The smallest absolute Gasteiger partial charge is 0.226 e. The fourth-order valence-corrected chi connectivity index (χ4v) is 3.11. The van der Waals surface area contributed by atoms with Gasteiger partial charge in [0.25, 0.3) is 0 Å². The summed E-state index contributed by atoms with van der Waals surface area (Å²) < 4.78 is 5.58. The molecule has 0 aliphatic heterocycles. The maximum atomic E-state index is 5.58. The molecule has 5 nitrogen and oxygen atoms in total. The van der Waals surface area contributed by atoms with Crippen molar-refractivity contribution < 1.29 is 4.42 Å². The molecule has 0 aliphatic rings. The van der Waals surface area contributed by atoms with E-state index in [1.165, 1.54) is 5.56 Å². The quantitative estimate of drug-likeness (QED) is 0.317. The van der Waals surface area contributed by atoms with Crippen molar-refractivity contribution in [2.24, 2.45) is 4.99 Å². The molecule has 0 amide bonds. The van der Waals surface area contributed by atoms with Crippen LogP contribution in [0.3, 0.4) is 0 Å². The lowest BCUT2D eigenvalue weighted by atomic mass is 10.2. The van der Waals surface area contributed by atoms with Crippen LogP contribution in [-0.2, 0) is 13.1 Å². The number of nitrogens with one attached hydrogen (secondary N) is 1. The predicted molar refractivity (Wildman–Crippen MR) is 118 cm³/mol. The molecule has 0 saturated heterocycles. The van der Waals surface area contributed by atoms with Crippen LogP contribution in [0.1, 0.15) is 18.2 Å². The molecule has 0 spiro atoms. The van der Waals surface area contributed by atoms with E-state index in [4.69, 9.17) is 4.42 Å². The second-order valence-corrected chi connectivity index (χ2v) is 6.45. The van der Waals surface area contributed by atoms with Gasteiger partial charge >= 0.3 is 0 Å². The van der Waals surface area contributed by atoms with E-state index in [1.54, 1.807) is 17.6 Å². The molecule has 7 heteroatoms. The molecule has 0 radical (unpaired) electrons. The Morgan fingerprint density at radius 1 is 1.27 bits per heavy atom. The first kappa shape index (κ1) is 20.4. The van der Waals surface area contributed by atoms with Crippen LogP contribution in [0.2, 0.25) is 0 Å². The standard InChI is InChI=1S/C19H22N4OS.HI/c1-3-20-19(23(2)12-15-9-10-25-14-15)21-11-17-13-24-18(22-17)16-7-5-4-6-8-16;/h4-10,13-14H,3,11-12H2,1-2H3,(H,20,21);1H. The predicted octanol–water partition coefficient (Wildman–Crippen LogP) is 4.62. The average molecular weight is 482 g/mol. The molecular formula is C19H23IN4OS. The molecule has 26 heavy (non-hydrogen) atoms. The van der Waals surface area contributed by atoms with E-state index in [0.29, 0.717) is 12.4 Å². The van der Waals surface area contributed by atoms with Gasteiger partial charge in [0.15, 0.2) is 5.96 Å². The second-order valence-electron chi connectivity index (χ2n) is 5.67. The molecule has 0 unspecified atom stereocenters. The highest BCUT2D eigenvalue weighted by molar-refractivity contribution is 14.0. The maximum Gasteiger partial charge on any atom is 0.226 e. The molecule has 1 aromatic carbocycles. The molecular weight excluding hydrogens is 459 g/mol. The van der Waals surface area contributed by atoms with Crippen molar-refractivity contribution in [3.63, 3.8) is 0 Å². The summed E-state index contributed by atoms with van der Waals surface area (Å²) in [7, 11) is 2.04. The first-order valence-corrected chi connectivity index (χ1v) is 9.21. The van der Waals surface area contributed by atoms with Crippen LogP contribution in [0.5, 0.6) is 0 Å². The number of hydrogen-bond donors (Lipinski definition) is 1. The van der Waals surface area contributed by atoms with Crippen LogP contribution in [0.4, 0.5) is 0 Å². The van der Waals surface area contributed by atoms with Crippen molar-refractivity contribution >= 4 is 41.3 Å². The SMILES string of the molecule is CCNC(=NCc1coc(-c2ccccc2)n1)N(C)Cc1ccsc1.I. The van der Waals surface area contributed by atoms with E-state index in [0.717, 1.165) is 30.3 Å². The first-order chi connectivity index (χ1) is 12.3. The topological polar surface area (TPSA) is 53.7 Å². The van der Waals surface area contributed by atoms with Gasteiger partial charge in [-0.25, -0.2) is 9.98 Å². The van der Waals surface area contributed by atoms with Gasteiger partial charge in [0, 0.05) is 25.7 Å². The third-order valence-electron chi connectivity index (χ3n) is 3.66. The third kappa shape index (κ3) is 5.57. The Balaban J connectivity index is 0.00000243. The molecule has 2 heterocycles. The summed E-state index contributed by atoms with van der Waals surface area (Å²) >= 11 is 1.71. The minimum atomic E-state index is 0. The Bertz CT molecular complexity index is 802. The van der Waals surface area contributed by atoms with Gasteiger partial charge < -0.3 is 14.6 Å². The number of hydrogen-bond acceptors (Lipinski definition) is 4. The number of oxazole rings is 1. The van der Waals surface area contributed by atoms with Crippen molar-refractivity contribution in [3.05, 3.63) is 64.7 Å². The zero-order valence-electron chi connectivity index (χ0n) is 14.9. The number of aliphatic imine (C=N–C) groups is 1. The summed E-state index contributed by atoms with van der Waals surface area (Å²) in [6.07, 6.45) is 1.67. The summed E-state index contributed by atoms with van der Waals surface area (Å²) in [4.78, 5) is 11.3. The summed E-state index contributed by atoms with van der Waals surface area (Å²) in [5.74, 6) is 1.49. The molecule has 0 aliphatic carbocycles. The molecule has 0 fully saturated rings. The van der Waals surface area contributed by atoms with Gasteiger partial charge in [-0.15, -0.1) is 24.0 Å². The normalized spacial score (nSPS) is 11.1. The van der Waals surface area contributed by atoms with Crippen molar-refractivity contribution in [2.75, 3.05) is 13.6 Å². The van der Waals surface area contributed by atoms with Gasteiger partial charge in [-0.1, -0.05) is 18.2 Å². The number of aromatic nitrogens is 1. The van der Waals surface area contributed by atoms with Gasteiger partial charge in [-0.05, 0) is 41.4 Å². The highest BCUT2D eigenvalue weighted by atomic mass is 127. The van der Waals surface area contributed by atoms with Gasteiger partial charge in [0.2, 0.25) is 5.89 Å². The fraction of sp³-hybridized carbons (Fsp3) is 0.263. The zero-order chi connectivity index (χ0) is 17.5. The van der Waals surface area contributed by atoms with Crippen LogP contribution in [0.15, 0.2) is 62.8 Å². The Labute approximate surface area is 175 Å². The fourth-order valence-electron chi connectivity index (χ4n) is 2.45. The van der Waals surface area contributed by atoms with E-state index < -0.39 is 0 Å². The molecule has 138 valence electrons. The molecule has 3 aromatic rings. The number of rotatable bonds is 6. The van der Waals surface area contributed by atoms with Crippen LogP contribution in [-0.4, -0.2) is 29.4 Å². The number of halogens is 1. The molecule has 3 rings (SSSR count). The third-order valence-corrected chi connectivity index (χ3v) is 4.39. The van der Waals surface area contributed by atoms with Crippen molar-refractivity contribution in [3.8, 4) is 11.5 Å². The van der Waals surface area contributed by atoms with E-state index >= 15 is 0 Å². The minimum absolute atomic E-state index is 0. The zero-order valence-corrected chi connectivity index (χ0v) is 18.0. The summed E-state index contributed by atoms with van der Waals surface area (Å²) in [6.45, 7) is 4.19. The highest BCUT2D eigenvalue weighted by Gasteiger charge is 2.09. The number of guanidine groups is 1. The molecule has 0 atom stereocenters. The molecule has 0 bridgehead atoms. The van der Waals surface area contributed by atoms with E-state index in [9.17, 15) is 0 Å². The largest absolute Gasteiger partial charge is 0.444 e. The second kappa shape index (κ2) is 10.3. The van der Waals surface area contributed by atoms with Crippen LogP contribution in [0.25, 0.3) is 11.5 Å². The number of thiophene rings is 1. The number of benzene rings is 1. The summed E-state index contributed by atoms with van der Waals surface area (Å²) in [5, 5.41) is 7.57. The molecule has 1 N–H and O–H groups in total. The van der Waals surface area contributed by atoms with Crippen molar-refractivity contribution in [2.45, 2.75) is 20.0 Å². The maximum absolute atomic E-state index is 5.58. The average Bonchev–Trinajstić information content (AvgIpc) is 3.31. The molecule has 0 saturated carbocycles. The van der Waals surface area contributed by atoms with Crippen LogP contribution < -0.4 is 5.32 Å². The summed E-state index contributed by atoms with van der Waals surface area (Å²) in [5.41, 5.74) is 3.07. The van der Waals surface area contributed by atoms with Crippen molar-refractivity contribution in [1.82, 2.24) is 15.2 Å². The van der Waals surface area contributed by atoms with Crippen LogP contribution in [0, 0.1) is 0 Å².